The standard InChI is InChI=1S/C13H19NO3/c1-14-8-10-4-3-5-12(15-2)13(10)17-11-6-7-16-9-11/h3-5,11,14H,6-9H2,1-2H3. The summed E-state index contributed by atoms with van der Waals surface area (Å²) in [5.74, 6) is 1.62. The summed E-state index contributed by atoms with van der Waals surface area (Å²) in [6.45, 7) is 2.21. The SMILES string of the molecule is CNCc1cccc(OC)c1OC1CCOC1. The largest absolute Gasteiger partial charge is 0.493 e. The Balaban J connectivity index is 2.20. The fourth-order valence-electron chi connectivity index (χ4n) is 1.96. The quantitative estimate of drug-likeness (QED) is 0.844. The Morgan fingerprint density at radius 2 is 2.35 bits per heavy atom. The number of hydrogen-bond donors (Lipinski definition) is 1. The summed E-state index contributed by atoms with van der Waals surface area (Å²) >= 11 is 0. The lowest BCUT2D eigenvalue weighted by molar-refractivity contribution is 0.138. The molecule has 1 saturated heterocycles. The van der Waals surface area contributed by atoms with E-state index >= 15 is 0 Å². The minimum atomic E-state index is 0.141. The fourth-order valence-corrected chi connectivity index (χ4v) is 1.96. The molecule has 0 radical (unpaired) electrons. The van der Waals surface area contributed by atoms with Crippen molar-refractivity contribution < 1.29 is 14.2 Å². The van der Waals surface area contributed by atoms with E-state index in [9.17, 15) is 0 Å². The summed E-state index contributed by atoms with van der Waals surface area (Å²) in [6.07, 6.45) is 1.08. The lowest BCUT2D eigenvalue weighted by atomic mass is 10.1. The molecule has 0 saturated carbocycles. The molecule has 1 atom stereocenters. The van der Waals surface area contributed by atoms with Gasteiger partial charge in [-0.05, 0) is 13.1 Å². The van der Waals surface area contributed by atoms with E-state index in [2.05, 4.69) is 5.32 Å². The minimum Gasteiger partial charge on any atom is -0.493 e. The molecule has 1 unspecified atom stereocenters. The van der Waals surface area contributed by atoms with Crippen LogP contribution in [0.5, 0.6) is 11.5 Å². The molecule has 17 heavy (non-hydrogen) atoms. The highest BCUT2D eigenvalue weighted by Crippen LogP contribution is 2.32. The lowest BCUT2D eigenvalue weighted by Gasteiger charge is -2.18. The number of para-hydroxylation sites is 1. The van der Waals surface area contributed by atoms with Crippen LogP contribution in [-0.2, 0) is 11.3 Å². The van der Waals surface area contributed by atoms with Crippen LogP contribution in [0.2, 0.25) is 0 Å². The third kappa shape index (κ3) is 2.90. The molecule has 1 fully saturated rings. The molecular formula is C13H19NO3. The topological polar surface area (TPSA) is 39.7 Å². The molecular weight excluding hydrogens is 218 g/mol. The maximum atomic E-state index is 5.99. The monoisotopic (exact) mass is 237 g/mol. The molecule has 1 aromatic rings. The first-order valence-electron chi connectivity index (χ1n) is 5.90. The van der Waals surface area contributed by atoms with E-state index in [-0.39, 0.29) is 6.10 Å². The first-order chi connectivity index (χ1) is 8.35. The molecule has 4 heteroatoms. The zero-order valence-electron chi connectivity index (χ0n) is 10.4. The zero-order chi connectivity index (χ0) is 12.1. The minimum absolute atomic E-state index is 0.141. The predicted octanol–water partition coefficient (Wildman–Crippen LogP) is 1.58. The molecule has 1 N–H and O–H groups in total. The van der Waals surface area contributed by atoms with E-state index < -0.39 is 0 Å². The van der Waals surface area contributed by atoms with Crippen LogP contribution in [0.1, 0.15) is 12.0 Å². The molecule has 1 aliphatic rings. The molecule has 0 spiro atoms. The van der Waals surface area contributed by atoms with E-state index in [1.807, 2.05) is 25.2 Å². The Hall–Kier alpha value is -1.26. The van der Waals surface area contributed by atoms with Gasteiger partial charge in [-0.15, -0.1) is 0 Å². The number of ether oxygens (including phenoxy) is 3. The number of benzene rings is 1. The molecule has 0 amide bonds. The smallest absolute Gasteiger partial charge is 0.166 e. The first-order valence-corrected chi connectivity index (χ1v) is 5.90. The van der Waals surface area contributed by atoms with Crippen LogP contribution in [-0.4, -0.2) is 33.5 Å². The normalized spacial score (nSPS) is 19.3. The van der Waals surface area contributed by atoms with E-state index in [1.54, 1.807) is 7.11 Å². The van der Waals surface area contributed by atoms with Crippen LogP contribution in [0.4, 0.5) is 0 Å². The van der Waals surface area contributed by atoms with E-state index in [0.717, 1.165) is 36.6 Å². The van der Waals surface area contributed by atoms with Crippen molar-refractivity contribution in [3.05, 3.63) is 23.8 Å². The van der Waals surface area contributed by atoms with Gasteiger partial charge in [-0.1, -0.05) is 12.1 Å². The summed E-state index contributed by atoms with van der Waals surface area (Å²) in [5, 5.41) is 3.13. The molecule has 1 aromatic carbocycles. The number of methoxy groups -OCH3 is 1. The van der Waals surface area contributed by atoms with Gasteiger partial charge in [0.2, 0.25) is 0 Å². The molecule has 0 aliphatic carbocycles. The van der Waals surface area contributed by atoms with Gasteiger partial charge in [-0.2, -0.15) is 0 Å². The van der Waals surface area contributed by atoms with Gasteiger partial charge in [-0.25, -0.2) is 0 Å². The average molecular weight is 237 g/mol. The number of nitrogens with one attached hydrogen (secondary N) is 1. The highest BCUT2D eigenvalue weighted by atomic mass is 16.6. The first kappa shape index (κ1) is 12.2. The molecule has 0 aromatic heterocycles. The number of hydrogen-bond acceptors (Lipinski definition) is 4. The Morgan fingerprint density at radius 3 is 3.00 bits per heavy atom. The van der Waals surface area contributed by atoms with E-state index in [0.29, 0.717) is 6.61 Å². The Labute approximate surface area is 102 Å². The van der Waals surface area contributed by atoms with Crippen molar-refractivity contribution in [3.63, 3.8) is 0 Å². The van der Waals surface area contributed by atoms with Crippen LogP contribution < -0.4 is 14.8 Å². The second-order valence-corrected chi connectivity index (χ2v) is 4.08. The van der Waals surface area contributed by atoms with E-state index in [4.69, 9.17) is 14.2 Å². The molecule has 2 rings (SSSR count). The van der Waals surface area contributed by atoms with Crippen LogP contribution in [0.3, 0.4) is 0 Å². The summed E-state index contributed by atoms with van der Waals surface area (Å²) in [4.78, 5) is 0. The van der Waals surface area contributed by atoms with Crippen molar-refractivity contribution in [2.24, 2.45) is 0 Å². The Kier molecular flexibility index (Phi) is 4.23. The molecule has 94 valence electrons. The van der Waals surface area contributed by atoms with Crippen molar-refractivity contribution in [1.29, 1.82) is 0 Å². The molecule has 1 aliphatic heterocycles. The van der Waals surface area contributed by atoms with Crippen LogP contribution in [0.25, 0.3) is 0 Å². The Bertz CT molecular complexity index is 362. The van der Waals surface area contributed by atoms with Gasteiger partial charge in [0, 0.05) is 18.5 Å². The van der Waals surface area contributed by atoms with Crippen LogP contribution >= 0.6 is 0 Å². The van der Waals surface area contributed by atoms with Crippen LogP contribution in [0, 0.1) is 0 Å². The summed E-state index contributed by atoms with van der Waals surface area (Å²) < 4.78 is 16.7. The van der Waals surface area contributed by atoms with Crippen molar-refractivity contribution in [2.45, 2.75) is 19.1 Å². The van der Waals surface area contributed by atoms with E-state index in [1.165, 1.54) is 0 Å². The average Bonchev–Trinajstić information content (AvgIpc) is 2.84. The fraction of sp³-hybridized carbons (Fsp3) is 0.538. The lowest BCUT2D eigenvalue weighted by Crippen LogP contribution is -2.18. The van der Waals surface area contributed by atoms with Gasteiger partial charge in [0.1, 0.15) is 6.10 Å². The predicted molar refractivity (Wildman–Crippen MR) is 65.6 cm³/mol. The van der Waals surface area contributed by atoms with Crippen molar-refractivity contribution in [2.75, 3.05) is 27.4 Å². The summed E-state index contributed by atoms with van der Waals surface area (Å²) in [5.41, 5.74) is 1.11. The highest BCUT2D eigenvalue weighted by molar-refractivity contribution is 5.46. The Morgan fingerprint density at radius 1 is 1.47 bits per heavy atom. The molecule has 1 heterocycles. The van der Waals surface area contributed by atoms with Gasteiger partial charge < -0.3 is 19.5 Å². The second-order valence-electron chi connectivity index (χ2n) is 4.08. The highest BCUT2D eigenvalue weighted by Gasteiger charge is 2.20. The maximum Gasteiger partial charge on any atom is 0.166 e. The van der Waals surface area contributed by atoms with Crippen LogP contribution in [0.15, 0.2) is 18.2 Å². The van der Waals surface area contributed by atoms with Gasteiger partial charge in [0.25, 0.3) is 0 Å². The van der Waals surface area contributed by atoms with Gasteiger partial charge >= 0.3 is 0 Å². The third-order valence-corrected chi connectivity index (χ3v) is 2.82. The van der Waals surface area contributed by atoms with Gasteiger partial charge in [0.05, 0.1) is 20.3 Å². The van der Waals surface area contributed by atoms with Crippen molar-refractivity contribution >= 4 is 0 Å². The molecule has 4 nitrogen and oxygen atoms in total. The summed E-state index contributed by atoms with van der Waals surface area (Å²) in [7, 11) is 3.58. The van der Waals surface area contributed by atoms with Crippen molar-refractivity contribution in [3.8, 4) is 11.5 Å². The van der Waals surface area contributed by atoms with Crippen molar-refractivity contribution in [1.82, 2.24) is 5.32 Å². The maximum absolute atomic E-state index is 5.99. The zero-order valence-corrected chi connectivity index (χ0v) is 10.4. The van der Waals surface area contributed by atoms with Gasteiger partial charge in [-0.3, -0.25) is 0 Å². The third-order valence-electron chi connectivity index (χ3n) is 2.82. The summed E-state index contributed by atoms with van der Waals surface area (Å²) in [6, 6.07) is 5.94. The number of rotatable bonds is 5. The molecule has 0 bridgehead atoms. The second kappa shape index (κ2) is 5.89. The van der Waals surface area contributed by atoms with Gasteiger partial charge in [0.15, 0.2) is 11.5 Å².